The standard InChI is InChI=1S/12BO3.Na.H/c12*2-1(3)4;;/q12*-3;+1;-1/p+12. The Bertz CT molecular complexity index is 278. The Hall–Kier alpha value is 0.339. The van der Waals surface area contributed by atoms with Crippen LogP contribution in [0.1, 0.15) is 18.5 Å². The number of hydrogen-bond donors (Lipinski definition) is 0. The van der Waals surface area contributed by atoms with Crippen LogP contribution in [0.2, 0.25) is 0 Å². The molecule has 0 heterocycles. The van der Waals surface area contributed by atoms with E-state index in [9.17, 15) is 0 Å². The minimum atomic E-state index is -2.92. The Morgan fingerprint density at radius 3 is 0.143 bits per heavy atom. The van der Waals surface area contributed by atoms with Gasteiger partial charge in [-0.15, -0.1) is 0 Å². The van der Waals surface area contributed by atoms with Crippen LogP contribution in [0.4, 0.5) is 0 Å². The van der Waals surface area contributed by atoms with Gasteiger partial charge in [0.15, 0.2) is 0 Å². The SMILES string of the molecule is [H+].[H+].[H+].[H+].[H+].[H+].[H+].[H+].[H+].[H+].[H+].[H+].[H-].[Na+].[O-]B([O-])[O-].[O-]B([O-])[O-].[O-]B([O-])[O-].[O-]B([O-])[O-].[O-]B([O-])[O-].[O-]B([O-])[O-].[O-]B([O-])[O-].[O-]B([O-])[O-].[O-]B([O-])[O-].[O-]B([O-])[O-].[O-]B([O-])[O-].[O-]B([O-])[O-]. The van der Waals surface area contributed by atoms with Crippen LogP contribution in [0.5, 0.6) is 0 Å². The molecule has 0 rings (SSSR count). The number of rotatable bonds is 0. The second kappa shape index (κ2) is 82.0. The van der Waals surface area contributed by atoms with Gasteiger partial charge in [0.1, 0.15) is 0 Å². The maximum Gasteiger partial charge on any atom is 1.00 e. The molecule has 0 unspecified atom stereocenters. The molecule has 0 bridgehead atoms. The van der Waals surface area contributed by atoms with E-state index in [1.807, 2.05) is 0 Å². The van der Waals surface area contributed by atoms with Gasteiger partial charge in [-0.2, -0.15) is 0 Å². The van der Waals surface area contributed by atoms with Gasteiger partial charge in [0.2, 0.25) is 0 Å². The minimum Gasteiger partial charge on any atom is -1.00 e. The second-order valence-corrected chi connectivity index (χ2v) is 3.46. The molecule has 0 saturated heterocycles. The van der Waals surface area contributed by atoms with Crippen molar-refractivity contribution >= 4 is 87.9 Å². The van der Waals surface area contributed by atoms with Gasteiger partial charge >= 0.3 is 46.7 Å². The molecule has 0 aliphatic carbocycles. The molecule has 0 amide bonds. The van der Waals surface area contributed by atoms with Gasteiger partial charge in [0.25, 0.3) is 0 Å². The Labute approximate surface area is 317 Å². The predicted octanol–water partition coefficient (Wildman–Crippen LogP) is -48.9. The summed E-state index contributed by atoms with van der Waals surface area (Å²) in [5, 5.41) is 303. The monoisotopic (exact) mass is 744 g/mol. The molecule has 0 radical (unpaired) electrons. The Kier molecular flexibility index (Phi) is 146. The molecular weight excluding hydrogens is 729 g/mol. The molecule has 0 aromatic carbocycles. The van der Waals surface area contributed by atoms with Crippen LogP contribution in [0.3, 0.4) is 0 Å². The minimum absolute atomic E-state index is 0. The predicted molar refractivity (Wildman–Crippen MR) is 83.5 cm³/mol. The average molecular weight is 742 g/mol. The zero-order valence-electron chi connectivity index (χ0n) is 35.6. The average Bonchev–Trinajstić information content (AvgIpc) is 2.61. The fraction of sp³-hybridized carbons (Fsp3) is 0. The molecule has 49 heteroatoms. The topological polar surface area (TPSA) is 830 Å². The zero-order chi connectivity index (χ0) is 42.9. The molecule has 36 nitrogen and oxygen atoms in total. The molecule has 0 N–H and O–H groups in total. The molecule has 0 aliphatic rings. The van der Waals surface area contributed by atoms with Crippen LogP contribution >= 0.6 is 0 Å². The van der Waals surface area contributed by atoms with Crippen molar-refractivity contribution in [2.45, 2.75) is 0 Å². The third kappa shape index (κ3) is 902000. The van der Waals surface area contributed by atoms with Crippen LogP contribution in [0.25, 0.3) is 0 Å². The van der Waals surface area contributed by atoms with E-state index in [4.69, 9.17) is 181 Å². The summed E-state index contributed by atoms with van der Waals surface area (Å²) >= 11 is 0. The van der Waals surface area contributed by atoms with E-state index >= 15 is 0 Å². The Morgan fingerprint density at radius 1 is 0.143 bits per heavy atom. The Balaban J connectivity index is -0.00000000931. The van der Waals surface area contributed by atoms with Crippen LogP contribution in [0, 0.1) is 0 Å². The van der Waals surface area contributed by atoms with Crippen LogP contribution in [-0.2, 0) is 0 Å². The quantitative estimate of drug-likeness (QED) is 0.208. The van der Waals surface area contributed by atoms with Gasteiger partial charge < -0.3 is 182 Å². The molecular formula is H13B12NaO36-24. The summed E-state index contributed by atoms with van der Waals surface area (Å²) in [5.74, 6) is 0. The molecule has 0 aromatic heterocycles. The van der Waals surface area contributed by atoms with Crippen molar-refractivity contribution < 1.29 is 229 Å². The fourth-order valence-corrected chi connectivity index (χ4v) is 0. The molecule has 290 valence electrons. The summed E-state index contributed by atoms with van der Waals surface area (Å²) in [6, 6.07) is 0. The summed E-state index contributed by atoms with van der Waals surface area (Å²) in [5.41, 5.74) is 0. The van der Waals surface area contributed by atoms with Gasteiger partial charge in [0, 0.05) is 0 Å². The van der Waals surface area contributed by atoms with Gasteiger partial charge in [-0.3, -0.25) is 87.9 Å². The van der Waals surface area contributed by atoms with E-state index in [0.717, 1.165) is 0 Å². The van der Waals surface area contributed by atoms with E-state index in [2.05, 4.69) is 0 Å². The first-order chi connectivity index (χ1) is 20.8. The van der Waals surface area contributed by atoms with Crippen LogP contribution < -0.4 is 210 Å². The summed E-state index contributed by atoms with van der Waals surface area (Å²) in [4.78, 5) is 0. The van der Waals surface area contributed by atoms with Crippen molar-refractivity contribution in [3.8, 4) is 0 Å². The fourth-order valence-electron chi connectivity index (χ4n) is 0. The first-order valence-electron chi connectivity index (χ1n) is 8.49. The summed E-state index contributed by atoms with van der Waals surface area (Å²) in [6.07, 6.45) is 0. The molecule has 0 aromatic rings. The van der Waals surface area contributed by atoms with Gasteiger partial charge in [-0.25, -0.2) is 0 Å². The van der Waals surface area contributed by atoms with Crippen molar-refractivity contribution in [2.75, 3.05) is 0 Å². The summed E-state index contributed by atoms with van der Waals surface area (Å²) in [6.45, 7) is 0. The third-order valence-electron chi connectivity index (χ3n) is 0. The maximum absolute atomic E-state index is 8.42. The summed E-state index contributed by atoms with van der Waals surface area (Å²) < 4.78 is 0. The van der Waals surface area contributed by atoms with Gasteiger partial charge in [0.05, 0.1) is 0 Å². The largest absolute Gasteiger partial charge is 1.00 e. The van der Waals surface area contributed by atoms with Gasteiger partial charge in [-0.05, 0) is 0 Å². The molecule has 49 heavy (non-hydrogen) atoms. The molecule has 0 aliphatic heterocycles. The Morgan fingerprint density at radius 2 is 0.143 bits per heavy atom. The summed E-state index contributed by atoms with van der Waals surface area (Å²) in [7, 11) is -35.0. The van der Waals surface area contributed by atoms with E-state index in [1.165, 1.54) is 0 Å². The molecule has 0 fully saturated rings. The van der Waals surface area contributed by atoms with Crippen LogP contribution in [-0.4, -0.2) is 87.9 Å². The van der Waals surface area contributed by atoms with E-state index in [-0.39, 0.29) is 48.1 Å². The maximum atomic E-state index is 8.42. The van der Waals surface area contributed by atoms with Crippen molar-refractivity contribution in [2.24, 2.45) is 0 Å². The van der Waals surface area contributed by atoms with E-state index < -0.39 is 87.9 Å². The van der Waals surface area contributed by atoms with Crippen molar-refractivity contribution in [1.29, 1.82) is 0 Å². The zero-order valence-corrected chi connectivity index (χ0v) is 24.6. The third-order valence-corrected chi connectivity index (χ3v) is 0. The second-order valence-electron chi connectivity index (χ2n) is 3.46. The van der Waals surface area contributed by atoms with E-state index in [0.29, 0.717) is 0 Å². The number of hydrogen-bond acceptors (Lipinski definition) is 36. The van der Waals surface area contributed by atoms with Crippen molar-refractivity contribution in [1.82, 2.24) is 0 Å². The molecule has 0 spiro atoms. The first-order valence-corrected chi connectivity index (χ1v) is 8.49. The van der Waals surface area contributed by atoms with Gasteiger partial charge in [-0.1, -0.05) is 0 Å². The first kappa shape index (κ1) is 87.3. The normalized spacial score (nSPS) is 6.61. The smallest absolute Gasteiger partial charge is 1.00 e. The van der Waals surface area contributed by atoms with Crippen molar-refractivity contribution in [3.63, 3.8) is 0 Å². The van der Waals surface area contributed by atoms with E-state index in [1.54, 1.807) is 0 Å². The molecule has 0 saturated carbocycles. The molecule has 0 atom stereocenters. The van der Waals surface area contributed by atoms with Crippen LogP contribution in [0.15, 0.2) is 0 Å². The van der Waals surface area contributed by atoms with Crippen molar-refractivity contribution in [3.05, 3.63) is 0 Å².